The molecule has 0 atom stereocenters. The van der Waals surface area contributed by atoms with E-state index in [1.165, 1.54) is 0 Å². The van der Waals surface area contributed by atoms with Crippen LogP contribution in [0, 0.1) is 0 Å². The Labute approximate surface area is 135 Å². The molecule has 0 bridgehead atoms. The standard InChI is InChI=1S/C18H20N2O3/c1-22-16-6-4-15(5-7-16)19-10-12-20(13-11-19)18(21)9-8-17-3-2-14-23-17/h2-9,14H,10-13H2,1H3/b9-8+. The van der Waals surface area contributed by atoms with Crippen LogP contribution in [0.15, 0.2) is 53.2 Å². The fourth-order valence-corrected chi connectivity index (χ4v) is 2.62. The molecule has 2 aromatic rings. The van der Waals surface area contributed by atoms with E-state index in [0.29, 0.717) is 18.8 Å². The molecule has 1 amide bonds. The molecule has 0 saturated carbocycles. The second-order valence-electron chi connectivity index (χ2n) is 5.36. The van der Waals surface area contributed by atoms with Crippen molar-refractivity contribution in [3.63, 3.8) is 0 Å². The first-order valence-electron chi connectivity index (χ1n) is 7.66. The van der Waals surface area contributed by atoms with Gasteiger partial charge in [-0.05, 0) is 42.5 Å². The number of anilines is 1. The maximum atomic E-state index is 12.2. The number of furan rings is 1. The molecule has 5 heteroatoms. The number of rotatable bonds is 4. The van der Waals surface area contributed by atoms with Gasteiger partial charge in [-0.25, -0.2) is 0 Å². The van der Waals surface area contributed by atoms with Crippen LogP contribution in [-0.4, -0.2) is 44.1 Å². The van der Waals surface area contributed by atoms with E-state index in [-0.39, 0.29) is 5.91 Å². The third-order valence-corrected chi connectivity index (χ3v) is 3.96. The lowest BCUT2D eigenvalue weighted by Crippen LogP contribution is -2.48. The van der Waals surface area contributed by atoms with Gasteiger partial charge in [0, 0.05) is 37.9 Å². The Bertz CT molecular complexity index is 654. The number of benzene rings is 1. The van der Waals surface area contributed by atoms with E-state index in [0.717, 1.165) is 24.5 Å². The van der Waals surface area contributed by atoms with Gasteiger partial charge in [-0.3, -0.25) is 4.79 Å². The van der Waals surface area contributed by atoms with Crippen LogP contribution in [0.4, 0.5) is 5.69 Å². The second-order valence-corrected chi connectivity index (χ2v) is 5.36. The quantitative estimate of drug-likeness (QED) is 0.814. The van der Waals surface area contributed by atoms with Gasteiger partial charge in [0.05, 0.1) is 13.4 Å². The summed E-state index contributed by atoms with van der Waals surface area (Å²) in [4.78, 5) is 16.3. The number of carbonyl (C=O) groups excluding carboxylic acids is 1. The highest BCUT2D eigenvalue weighted by Crippen LogP contribution is 2.20. The number of nitrogens with zero attached hydrogens (tertiary/aromatic N) is 2. The summed E-state index contributed by atoms with van der Waals surface area (Å²) < 4.78 is 10.4. The van der Waals surface area contributed by atoms with E-state index in [1.54, 1.807) is 31.6 Å². The Hall–Kier alpha value is -2.69. The van der Waals surface area contributed by atoms with Crippen molar-refractivity contribution in [3.05, 3.63) is 54.5 Å². The van der Waals surface area contributed by atoms with Crippen molar-refractivity contribution < 1.29 is 13.9 Å². The molecule has 5 nitrogen and oxygen atoms in total. The highest BCUT2D eigenvalue weighted by atomic mass is 16.5. The summed E-state index contributed by atoms with van der Waals surface area (Å²) in [6.07, 6.45) is 4.87. The van der Waals surface area contributed by atoms with Gasteiger partial charge in [0.15, 0.2) is 0 Å². The average molecular weight is 312 g/mol. The summed E-state index contributed by atoms with van der Waals surface area (Å²) in [5.41, 5.74) is 1.16. The molecule has 0 radical (unpaired) electrons. The predicted octanol–water partition coefficient (Wildman–Crippen LogP) is 2.65. The summed E-state index contributed by atoms with van der Waals surface area (Å²) >= 11 is 0. The van der Waals surface area contributed by atoms with Gasteiger partial charge in [0.2, 0.25) is 5.91 Å². The largest absolute Gasteiger partial charge is 0.497 e. The highest BCUT2D eigenvalue weighted by molar-refractivity contribution is 5.91. The number of hydrogen-bond donors (Lipinski definition) is 0. The highest BCUT2D eigenvalue weighted by Gasteiger charge is 2.19. The van der Waals surface area contributed by atoms with Crippen LogP contribution >= 0.6 is 0 Å². The van der Waals surface area contributed by atoms with Gasteiger partial charge in [0.1, 0.15) is 11.5 Å². The van der Waals surface area contributed by atoms with Gasteiger partial charge < -0.3 is 19.0 Å². The zero-order valence-electron chi connectivity index (χ0n) is 13.1. The molecule has 120 valence electrons. The third kappa shape index (κ3) is 3.74. The molecule has 1 aliphatic heterocycles. The van der Waals surface area contributed by atoms with E-state index in [2.05, 4.69) is 4.90 Å². The lowest BCUT2D eigenvalue weighted by molar-refractivity contribution is -0.126. The number of carbonyl (C=O) groups is 1. The fourth-order valence-electron chi connectivity index (χ4n) is 2.62. The van der Waals surface area contributed by atoms with Gasteiger partial charge in [0.25, 0.3) is 0 Å². The van der Waals surface area contributed by atoms with Crippen molar-refractivity contribution in [1.82, 2.24) is 4.90 Å². The monoisotopic (exact) mass is 312 g/mol. The molecule has 1 aliphatic rings. The van der Waals surface area contributed by atoms with E-state index in [1.807, 2.05) is 35.2 Å². The molecule has 0 spiro atoms. The zero-order chi connectivity index (χ0) is 16.1. The van der Waals surface area contributed by atoms with Crippen LogP contribution in [0.5, 0.6) is 5.75 Å². The van der Waals surface area contributed by atoms with Crippen molar-refractivity contribution >= 4 is 17.7 Å². The van der Waals surface area contributed by atoms with E-state index in [4.69, 9.17) is 9.15 Å². The molecule has 2 heterocycles. The smallest absolute Gasteiger partial charge is 0.246 e. The lowest BCUT2D eigenvalue weighted by Gasteiger charge is -2.35. The summed E-state index contributed by atoms with van der Waals surface area (Å²) in [6.45, 7) is 3.08. The Morgan fingerprint density at radius 2 is 1.87 bits per heavy atom. The SMILES string of the molecule is COc1ccc(N2CCN(C(=O)/C=C/c3ccco3)CC2)cc1. The minimum Gasteiger partial charge on any atom is -0.497 e. The first kappa shape index (κ1) is 15.2. The Balaban J connectivity index is 1.54. The minimum absolute atomic E-state index is 0.0239. The maximum Gasteiger partial charge on any atom is 0.246 e. The molecule has 1 aromatic heterocycles. The summed E-state index contributed by atoms with van der Waals surface area (Å²) in [7, 11) is 1.66. The first-order chi connectivity index (χ1) is 11.3. The van der Waals surface area contributed by atoms with Crippen LogP contribution in [0.1, 0.15) is 5.76 Å². The molecule has 1 fully saturated rings. The van der Waals surface area contributed by atoms with Gasteiger partial charge in [-0.15, -0.1) is 0 Å². The Morgan fingerprint density at radius 1 is 1.13 bits per heavy atom. The molecule has 23 heavy (non-hydrogen) atoms. The number of hydrogen-bond acceptors (Lipinski definition) is 4. The van der Waals surface area contributed by atoms with Crippen molar-refractivity contribution in [1.29, 1.82) is 0 Å². The van der Waals surface area contributed by atoms with Crippen molar-refractivity contribution in [2.45, 2.75) is 0 Å². The van der Waals surface area contributed by atoms with E-state index < -0.39 is 0 Å². The Morgan fingerprint density at radius 3 is 2.48 bits per heavy atom. The molecular weight excluding hydrogens is 292 g/mol. The summed E-state index contributed by atoms with van der Waals surface area (Å²) in [5, 5.41) is 0. The summed E-state index contributed by atoms with van der Waals surface area (Å²) in [5.74, 6) is 1.57. The van der Waals surface area contributed by atoms with Gasteiger partial charge in [-0.1, -0.05) is 0 Å². The molecule has 0 N–H and O–H groups in total. The topological polar surface area (TPSA) is 45.9 Å². The van der Waals surface area contributed by atoms with Crippen molar-refractivity contribution in [3.8, 4) is 5.75 Å². The van der Waals surface area contributed by atoms with Gasteiger partial charge >= 0.3 is 0 Å². The maximum absolute atomic E-state index is 12.2. The molecule has 1 aromatic carbocycles. The number of piperazine rings is 1. The summed E-state index contributed by atoms with van der Waals surface area (Å²) in [6, 6.07) is 11.6. The lowest BCUT2D eigenvalue weighted by atomic mass is 10.2. The molecule has 3 rings (SSSR count). The second kappa shape index (κ2) is 7.05. The van der Waals surface area contributed by atoms with Crippen molar-refractivity contribution in [2.24, 2.45) is 0 Å². The van der Waals surface area contributed by atoms with Gasteiger partial charge in [-0.2, -0.15) is 0 Å². The van der Waals surface area contributed by atoms with Crippen LogP contribution in [0.25, 0.3) is 6.08 Å². The third-order valence-electron chi connectivity index (χ3n) is 3.96. The number of amides is 1. The van der Waals surface area contributed by atoms with Crippen LogP contribution < -0.4 is 9.64 Å². The Kier molecular flexibility index (Phi) is 4.66. The van der Waals surface area contributed by atoms with Crippen molar-refractivity contribution in [2.75, 3.05) is 38.2 Å². The first-order valence-corrected chi connectivity index (χ1v) is 7.66. The van der Waals surface area contributed by atoms with Crippen LogP contribution in [0.2, 0.25) is 0 Å². The number of ether oxygens (including phenoxy) is 1. The van der Waals surface area contributed by atoms with E-state index in [9.17, 15) is 4.79 Å². The van der Waals surface area contributed by atoms with E-state index >= 15 is 0 Å². The number of methoxy groups -OCH3 is 1. The molecule has 0 aliphatic carbocycles. The van der Waals surface area contributed by atoms with Crippen LogP contribution in [0.3, 0.4) is 0 Å². The minimum atomic E-state index is 0.0239. The molecule has 1 saturated heterocycles. The zero-order valence-corrected chi connectivity index (χ0v) is 13.1. The van der Waals surface area contributed by atoms with Crippen LogP contribution in [-0.2, 0) is 4.79 Å². The predicted molar refractivity (Wildman–Crippen MR) is 89.5 cm³/mol. The molecular formula is C18H20N2O3. The fraction of sp³-hybridized carbons (Fsp3) is 0.278. The average Bonchev–Trinajstić information content (AvgIpc) is 3.13. The normalized spacial score (nSPS) is 15.2. The molecule has 0 unspecified atom stereocenters.